The summed E-state index contributed by atoms with van der Waals surface area (Å²) in [6.45, 7) is 0. The quantitative estimate of drug-likeness (QED) is 0.145. The van der Waals surface area contributed by atoms with Crippen LogP contribution in [0.5, 0.6) is 5.75 Å². The molecule has 0 atom stereocenters. The van der Waals surface area contributed by atoms with Gasteiger partial charge in [0.15, 0.2) is 0 Å². The number of carbonyl (C=O) groups excluding carboxylic acids is 1. The van der Waals surface area contributed by atoms with E-state index in [0.717, 1.165) is 28.0 Å². The highest BCUT2D eigenvalue weighted by Crippen LogP contribution is 2.40. The molecule has 0 fully saturated rings. The minimum absolute atomic E-state index is 0.167. The summed E-state index contributed by atoms with van der Waals surface area (Å²) in [7, 11) is 1.62. The molecule has 0 saturated carbocycles. The number of imidazole rings is 1. The predicted octanol–water partition coefficient (Wildman–Crippen LogP) is 6.63. The molecule has 0 aliphatic carbocycles. The van der Waals surface area contributed by atoms with Crippen molar-refractivity contribution in [2.45, 2.75) is 5.54 Å². The second-order valence-electron chi connectivity index (χ2n) is 8.45. The maximum atomic E-state index is 13.1. The summed E-state index contributed by atoms with van der Waals surface area (Å²) in [4.78, 5) is 17.7. The number of benzene rings is 4. The smallest absolute Gasteiger partial charge is 0.205 e. The summed E-state index contributed by atoms with van der Waals surface area (Å²) in [6, 6.07) is 38.5. The number of rotatable bonds is 8. The highest BCUT2D eigenvalue weighted by molar-refractivity contribution is 6.05. The number of carbonyl (C=O) groups is 1. The third-order valence-electron chi connectivity index (χ3n) is 6.32. The van der Waals surface area contributed by atoms with Gasteiger partial charge >= 0.3 is 0 Å². The number of hydrogen-bond acceptors (Lipinski definition) is 3. The molecule has 5 aromatic rings. The van der Waals surface area contributed by atoms with Crippen molar-refractivity contribution >= 4 is 11.9 Å². The minimum atomic E-state index is -0.703. The second kappa shape index (κ2) is 10.3. The summed E-state index contributed by atoms with van der Waals surface area (Å²) in [5, 5.41) is 0. The monoisotopic (exact) mass is 470 g/mol. The third-order valence-corrected chi connectivity index (χ3v) is 6.32. The topological polar surface area (TPSA) is 44.1 Å². The fraction of sp³-hybridized carbons (Fsp3) is 0.0625. The summed E-state index contributed by atoms with van der Waals surface area (Å²) >= 11 is 0. The molecule has 0 amide bonds. The van der Waals surface area contributed by atoms with Crippen LogP contribution in [0.15, 0.2) is 134 Å². The highest BCUT2D eigenvalue weighted by atomic mass is 16.5. The molecule has 0 saturated heterocycles. The van der Waals surface area contributed by atoms with Crippen LogP contribution in [-0.4, -0.2) is 22.4 Å². The average Bonchev–Trinajstić information content (AvgIpc) is 3.45. The molecular formula is C32H26N2O2. The van der Waals surface area contributed by atoms with Crippen LogP contribution in [0, 0.1) is 0 Å². The largest absolute Gasteiger partial charge is 0.497 e. The number of nitrogens with zero attached hydrogens (tertiary/aromatic N) is 2. The van der Waals surface area contributed by atoms with Gasteiger partial charge in [0, 0.05) is 6.20 Å². The lowest BCUT2D eigenvalue weighted by Gasteiger charge is -2.37. The number of hydrogen-bond donors (Lipinski definition) is 0. The van der Waals surface area contributed by atoms with Crippen LogP contribution in [0.1, 0.15) is 32.7 Å². The minimum Gasteiger partial charge on any atom is -0.497 e. The molecule has 4 heteroatoms. The SMILES string of the molecule is COc1cccc(/C=C/C(=O)c2cn(C(c3ccccc3)(c3ccccc3)c3ccccc3)cn2)c1. The number of methoxy groups -OCH3 is 1. The molecule has 0 aliphatic heterocycles. The van der Waals surface area contributed by atoms with E-state index < -0.39 is 5.54 Å². The van der Waals surface area contributed by atoms with Gasteiger partial charge in [-0.05, 0) is 40.5 Å². The Morgan fingerprint density at radius 3 is 1.86 bits per heavy atom. The molecule has 1 heterocycles. The lowest BCUT2D eigenvalue weighted by Crippen LogP contribution is -2.37. The standard InChI is InChI=1S/C32H26N2O2/c1-36-29-19-11-12-25(22-29)20-21-31(35)30-23-34(24-33-30)32(26-13-5-2-6-14-26,27-15-7-3-8-16-27)28-17-9-4-10-18-28/h2-24H,1H3/b21-20+. The fourth-order valence-corrected chi connectivity index (χ4v) is 4.62. The van der Waals surface area contributed by atoms with Crippen molar-refractivity contribution in [3.05, 3.63) is 162 Å². The Kier molecular flexibility index (Phi) is 6.59. The van der Waals surface area contributed by atoms with Crippen molar-refractivity contribution in [3.8, 4) is 5.75 Å². The summed E-state index contributed by atoms with van der Waals surface area (Å²) in [5.74, 6) is 0.576. The average molecular weight is 471 g/mol. The van der Waals surface area contributed by atoms with Crippen molar-refractivity contribution < 1.29 is 9.53 Å². The highest BCUT2D eigenvalue weighted by Gasteiger charge is 2.38. The van der Waals surface area contributed by atoms with Gasteiger partial charge in [0.1, 0.15) is 17.0 Å². The molecular weight excluding hydrogens is 444 g/mol. The van der Waals surface area contributed by atoms with Crippen molar-refractivity contribution in [2.75, 3.05) is 7.11 Å². The number of allylic oxidation sites excluding steroid dienone is 1. The van der Waals surface area contributed by atoms with E-state index in [4.69, 9.17) is 4.74 Å². The molecule has 0 bridgehead atoms. The first-order chi connectivity index (χ1) is 17.7. The Morgan fingerprint density at radius 1 is 0.778 bits per heavy atom. The van der Waals surface area contributed by atoms with E-state index in [9.17, 15) is 4.79 Å². The van der Waals surface area contributed by atoms with Gasteiger partial charge < -0.3 is 9.30 Å². The molecule has 5 rings (SSSR count). The number of aromatic nitrogens is 2. The van der Waals surface area contributed by atoms with E-state index in [2.05, 4.69) is 41.4 Å². The van der Waals surface area contributed by atoms with Crippen molar-refractivity contribution in [1.82, 2.24) is 9.55 Å². The van der Waals surface area contributed by atoms with Crippen LogP contribution < -0.4 is 4.74 Å². The van der Waals surface area contributed by atoms with Crippen LogP contribution >= 0.6 is 0 Å². The van der Waals surface area contributed by atoms with Crippen LogP contribution in [0.2, 0.25) is 0 Å². The normalized spacial score (nSPS) is 11.5. The molecule has 0 N–H and O–H groups in total. The first-order valence-electron chi connectivity index (χ1n) is 11.8. The lowest BCUT2D eigenvalue weighted by molar-refractivity contribution is 0.104. The molecule has 0 radical (unpaired) electrons. The van der Waals surface area contributed by atoms with Gasteiger partial charge in [-0.2, -0.15) is 0 Å². The summed E-state index contributed by atoms with van der Waals surface area (Å²) in [6.07, 6.45) is 6.92. The Morgan fingerprint density at radius 2 is 1.33 bits per heavy atom. The van der Waals surface area contributed by atoms with E-state index in [1.54, 1.807) is 25.6 Å². The van der Waals surface area contributed by atoms with E-state index in [1.807, 2.05) is 89.6 Å². The van der Waals surface area contributed by atoms with Crippen LogP contribution in [-0.2, 0) is 5.54 Å². The number of ether oxygens (including phenoxy) is 1. The lowest BCUT2D eigenvalue weighted by atomic mass is 9.77. The van der Waals surface area contributed by atoms with E-state index >= 15 is 0 Å². The molecule has 0 aliphatic rings. The van der Waals surface area contributed by atoms with Gasteiger partial charge in [0.25, 0.3) is 0 Å². The van der Waals surface area contributed by atoms with E-state index in [1.165, 1.54) is 0 Å². The van der Waals surface area contributed by atoms with Crippen LogP contribution in [0.25, 0.3) is 6.08 Å². The van der Waals surface area contributed by atoms with Crippen molar-refractivity contribution in [3.63, 3.8) is 0 Å². The molecule has 4 aromatic carbocycles. The molecule has 4 nitrogen and oxygen atoms in total. The molecule has 0 unspecified atom stereocenters. The predicted molar refractivity (Wildman–Crippen MR) is 143 cm³/mol. The Balaban J connectivity index is 1.62. The summed E-state index contributed by atoms with van der Waals surface area (Å²) in [5.41, 5.74) is 3.78. The third kappa shape index (κ3) is 4.37. The maximum absolute atomic E-state index is 13.1. The van der Waals surface area contributed by atoms with Crippen LogP contribution in [0.3, 0.4) is 0 Å². The van der Waals surface area contributed by atoms with Gasteiger partial charge in [0.2, 0.25) is 5.78 Å². The van der Waals surface area contributed by atoms with E-state index in [0.29, 0.717) is 5.69 Å². The van der Waals surface area contributed by atoms with Crippen molar-refractivity contribution in [2.24, 2.45) is 0 Å². The Labute approximate surface area is 211 Å². The Bertz CT molecular complexity index is 1380. The van der Waals surface area contributed by atoms with Gasteiger partial charge in [-0.15, -0.1) is 0 Å². The van der Waals surface area contributed by atoms with Crippen molar-refractivity contribution in [1.29, 1.82) is 0 Å². The van der Waals surface area contributed by atoms with Gasteiger partial charge in [-0.3, -0.25) is 4.79 Å². The maximum Gasteiger partial charge on any atom is 0.205 e. The molecule has 176 valence electrons. The first kappa shape index (κ1) is 23.1. The van der Waals surface area contributed by atoms with Gasteiger partial charge in [-0.1, -0.05) is 109 Å². The van der Waals surface area contributed by atoms with Gasteiger partial charge in [0.05, 0.1) is 13.4 Å². The Hall–Kier alpha value is -4.70. The van der Waals surface area contributed by atoms with Crippen LogP contribution in [0.4, 0.5) is 0 Å². The molecule has 0 spiro atoms. The van der Waals surface area contributed by atoms with E-state index in [-0.39, 0.29) is 5.78 Å². The van der Waals surface area contributed by atoms with Gasteiger partial charge in [-0.25, -0.2) is 4.98 Å². The molecule has 1 aromatic heterocycles. The second-order valence-corrected chi connectivity index (χ2v) is 8.45. The zero-order valence-electron chi connectivity index (χ0n) is 20.0. The zero-order chi connectivity index (χ0) is 24.8. The fourth-order valence-electron chi connectivity index (χ4n) is 4.62. The zero-order valence-corrected chi connectivity index (χ0v) is 20.0. The first-order valence-corrected chi connectivity index (χ1v) is 11.8. The molecule has 36 heavy (non-hydrogen) atoms. The summed E-state index contributed by atoms with van der Waals surface area (Å²) < 4.78 is 7.32. The number of ketones is 1.